The second kappa shape index (κ2) is 5.20. The minimum Gasteiger partial charge on any atom is -0.285 e. The number of nitrogens with zero attached hydrogens (tertiary/aromatic N) is 1. The Hall–Kier alpha value is 0.230. The SMILES string of the molecule is CC(C)CN(C)S(O)(O)CC(C)C. The van der Waals surface area contributed by atoms with Gasteiger partial charge >= 0.3 is 0 Å². The quantitative estimate of drug-likeness (QED) is 0.731. The van der Waals surface area contributed by atoms with Crippen LogP contribution in [0.5, 0.6) is 0 Å². The van der Waals surface area contributed by atoms with Crippen LogP contribution in [0, 0.1) is 11.8 Å². The molecule has 0 amide bonds. The van der Waals surface area contributed by atoms with Crippen LogP contribution in [-0.4, -0.2) is 32.8 Å². The van der Waals surface area contributed by atoms with Crippen LogP contribution in [0.25, 0.3) is 0 Å². The first kappa shape index (κ1) is 13.2. The molecule has 0 aliphatic heterocycles. The normalized spacial score (nSPS) is 14.6. The van der Waals surface area contributed by atoms with E-state index < -0.39 is 10.8 Å². The molecule has 0 heterocycles. The molecule has 0 aromatic carbocycles. The summed E-state index contributed by atoms with van der Waals surface area (Å²) in [6.07, 6.45) is 0. The Morgan fingerprint density at radius 2 is 1.54 bits per heavy atom. The van der Waals surface area contributed by atoms with Crippen molar-refractivity contribution in [2.75, 3.05) is 19.3 Å². The van der Waals surface area contributed by atoms with Gasteiger partial charge in [-0.15, -0.1) is 10.8 Å². The van der Waals surface area contributed by atoms with E-state index in [1.807, 2.05) is 13.8 Å². The number of hydrogen-bond acceptors (Lipinski definition) is 3. The zero-order chi connectivity index (χ0) is 10.6. The molecule has 0 radical (unpaired) electrons. The molecule has 0 saturated heterocycles. The van der Waals surface area contributed by atoms with E-state index in [0.29, 0.717) is 17.6 Å². The van der Waals surface area contributed by atoms with Gasteiger partial charge in [-0.3, -0.25) is 9.11 Å². The fourth-order valence-corrected chi connectivity index (χ4v) is 2.89. The zero-order valence-electron chi connectivity index (χ0n) is 9.32. The molecule has 2 N–H and O–H groups in total. The van der Waals surface area contributed by atoms with Gasteiger partial charge in [-0.2, -0.15) is 0 Å². The Bertz CT molecular complexity index is 149. The highest BCUT2D eigenvalue weighted by Gasteiger charge is 2.20. The minimum atomic E-state index is -2.52. The highest BCUT2D eigenvalue weighted by atomic mass is 32.3. The summed E-state index contributed by atoms with van der Waals surface area (Å²) in [5.74, 6) is 1.25. The highest BCUT2D eigenvalue weighted by Crippen LogP contribution is 2.43. The van der Waals surface area contributed by atoms with E-state index in [1.54, 1.807) is 11.4 Å². The highest BCUT2D eigenvalue weighted by molar-refractivity contribution is 8.22. The van der Waals surface area contributed by atoms with Crippen LogP contribution in [0.15, 0.2) is 0 Å². The summed E-state index contributed by atoms with van der Waals surface area (Å²) in [5.41, 5.74) is 0. The van der Waals surface area contributed by atoms with Gasteiger partial charge in [0.1, 0.15) is 0 Å². The van der Waals surface area contributed by atoms with Crippen molar-refractivity contribution in [1.82, 2.24) is 4.31 Å². The summed E-state index contributed by atoms with van der Waals surface area (Å²) in [7, 11) is -0.746. The molecule has 0 atom stereocenters. The van der Waals surface area contributed by atoms with Crippen LogP contribution in [0.1, 0.15) is 27.7 Å². The van der Waals surface area contributed by atoms with Gasteiger partial charge in [-0.25, -0.2) is 4.31 Å². The summed E-state index contributed by atoms with van der Waals surface area (Å²) in [6.45, 7) is 8.87. The average molecular weight is 209 g/mol. The third-order valence-corrected chi connectivity index (χ3v) is 3.94. The van der Waals surface area contributed by atoms with E-state index in [1.165, 1.54) is 0 Å². The molecule has 0 aromatic heterocycles. The molecule has 0 spiro atoms. The smallest absolute Gasteiger partial charge is 0.0553 e. The largest absolute Gasteiger partial charge is 0.285 e. The fourth-order valence-electron chi connectivity index (χ4n) is 1.21. The first-order valence-corrected chi connectivity index (χ1v) is 6.40. The lowest BCUT2D eigenvalue weighted by Crippen LogP contribution is -2.30. The van der Waals surface area contributed by atoms with Crippen molar-refractivity contribution in [2.45, 2.75) is 27.7 Å². The molecule has 13 heavy (non-hydrogen) atoms. The Balaban J connectivity index is 4.10. The van der Waals surface area contributed by atoms with Crippen LogP contribution in [0.4, 0.5) is 0 Å². The topological polar surface area (TPSA) is 43.7 Å². The third kappa shape index (κ3) is 5.52. The molecule has 0 bridgehead atoms. The van der Waals surface area contributed by atoms with Crippen molar-refractivity contribution >= 4 is 10.8 Å². The predicted molar refractivity (Wildman–Crippen MR) is 60.0 cm³/mol. The average Bonchev–Trinajstić information content (AvgIpc) is 1.81. The van der Waals surface area contributed by atoms with Gasteiger partial charge in [-0.1, -0.05) is 27.7 Å². The molecular formula is C9H23NO2S. The molecule has 0 fully saturated rings. The maximum Gasteiger partial charge on any atom is 0.0553 e. The van der Waals surface area contributed by atoms with E-state index in [9.17, 15) is 9.11 Å². The standard InChI is InChI=1S/C9H23NO2S/c1-8(2)6-10(5)13(11,12)7-9(3)4/h8-9,11-12H,6-7H2,1-5H3. The van der Waals surface area contributed by atoms with E-state index >= 15 is 0 Å². The summed E-state index contributed by atoms with van der Waals surface area (Å²) in [4.78, 5) is 0. The molecule has 82 valence electrons. The van der Waals surface area contributed by atoms with E-state index in [-0.39, 0.29) is 0 Å². The van der Waals surface area contributed by atoms with Crippen LogP contribution in [0.3, 0.4) is 0 Å². The summed E-state index contributed by atoms with van der Waals surface area (Å²) in [5, 5.41) is 0. The first-order valence-electron chi connectivity index (χ1n) is 4.73. The zero-order valence-corrected chi connectivity index (χ0v) is 10.1. The molecule has 0 rings (SSSR count). The van der Waals surface area contributed by atoms with Crippen molar-refractivity contribution in [3.63, 3.8) is 0 Å². The number of hydrogen-bond donors (Lipinski definition) is 2. The Kier molecular flexibility index (Phi) is 5.29. The third-order valence-electron chi connectivity index (χ3n) is 1.68. The molecular weight excluding hydrogens is 186 g/mol. The molecule has 0 aromatic rings. The van der Waals surface area contributed by atoms with Gasteiger partial charge in [-0.05, 0) is 11.8 Å². The van der Waals surface area contributed by atoms with E-state index in [0.717, 1.165) is 6.54 Å². The predicted octanol–water partition coefficient (Wildman–Crippen LogP) is 2.90. The molecule has 0 unspecified atom stereocenters. The molecule has 3 nitrogen and oxygen atoms in total. The van der Waals surface area contributed by atoms with Gasteiger partial charge in [0.25, 0.3) is 0 Å². The summed E-state index contributed by atoms with van der Waals surface area (Å²) < 4.78 is 21.2. The minimum absolute atomic E-state index is 0.319. The lowest BCUT2D eigenvalue weighted by atomic mass is 10.2. The van der Waals surface area contributed by atoms with Crippen LogP contribution < -0.4 is 0 Å². The van der Waals surface area contributed by atoms with Gasteiger partial charge in [0.05, 0.1) is 5.75 Å². The van der Waals surface area contributed by atoms with Crippen molar-refractivity contribution in [2.24, 2.45) is 11.8 Å². The van der Waals surface area contributed by atoms with Crippen LogP contribution in [-0.2, 0) is 0 Å². The second-order valence-electron chi connectivity index (χ2n) is 4.40. The van der Waals surface area contributed by atoms with Gasteiger partial charge in [0.15, 0.2) is 0 Å². The maximum absolute atomic E-state index is 9.77. The van der Waals surface area contributed by atoms with Crippen LogP contribution >= 0.6 is 10.8 Å². The lowest BCUT2D eigenvalue weighted by Gasteiger charge is -2.42. The molecule has 4 heteroatoms. The maximum atomic E-state index is 9.77. The van der Waals surface area contributed by atoms with Crippen molar-refractivity contribution in [1.29, 1.82) is 0 Å². The molecule has 0 aliphatic carbocycles. The second-order valence-corrected chi connectivity index (χ2v) is 6.62. The van der Waals surface area contributed by atoms with Gasteiger partial charge in [0.2, 0.25) is 0 Å². The summed E-state index contributed by atoms with van der Waals surface area (Å²) in [6, 6.07) is 0. The van der Waals surface area contributed by atoms with E-state index in [2.05, 4.69) is 13.8 Å². The number of rotatable bonds is 5. The first-order chi connectivity index (χ1) is 5.75. The van der Waals surface area contributed by atoms with Gasteiger partial charge < -0.3 is 0 Å². The Morgan fingerprint density at radius 1 is 1.08 bits per heavy atom. The lowest BCUT2D eigenvalue weighted by molar-refractivity contribution is 0.351. The summed E-state index contributed by atoms with van der Waals surface area (Å²) >= 11 is 0. The Morgan fingerprint density at radius 3 is 1.85 bits per heavy atom. The van der Waals surface area contributed by atoms with Gasteiger partial charge in [0, 0.05) is 13.6 Å². The van der Waals surface area contributed by atoms with Crippen molar-refractivity contribution < 1.29 is 9.11 Å². The molecule has 0 saturated carbocycles. The van der Waals surface area contributed by atoms with Crippen LogP contribution in [0.2, 0.25) is 0 Å². The Labute approximate surface area is 83.6 Å². The van der Waals surface area contributed by atoms with Crippen molar-refractivity contribution in [3.05, 3.63) is 0 Å². The van der Waals surface area contributed by atoms with E-state index in [4.69, 9.17) is 0 Å². The molecule has 0 aliphatic rings. The van der Waals surface area contributed by atoms with Crippen molar-refractivity contribution in [3.8, 4) is 0 Å². The fraction of sp³-hybridized carbons (Fsp3) is 1.00. The monoisotopic (exact) mass is 209 g/mol.